The Morgan fingerprint density at radius 1 is 0.958 bits per heavy atom. The van der Waals surface area contributed by atoms with Gasteiger partial charge < -0.3 is 9.47 Å². The van der Waals surface area contributed by atoms with Crippen molar-refractivity contribution in [1.29, 1.82) is 0 Å². The van der Waals surface area contributed by atoms with Gasteiger partial charge in [-0.15, -0.1) is 0 Å². The summed E-state index contributed by atoms with van der Waals surface area (Å²) in [5.74, 6) is 0.123. The van der Waals surface area contributed by atoms with Crippen LogP contribution in [0, 0.1) is 0 Å². The SMILES string of the molecule is C=C1C=C([C@@H](CCCCCCCCCCCCCC)OC)C(=O)O1. The zero-order valence-electron chi connectivity index (χ0n) is 15.8. The fraction of sp³-hybridized carbons (Fsp3) is 0.762. The minimum atomic E-state index is -0.300. The Morgan fingerprint density at radius 2 is 1.46 bits per heavy atom. The first-order chi connectivity index (χ1) is 11.7. The van der Waals surface area contributed by atoms with Crippen molar-refractivity contribution in [2.45, 2.75) is 96.5 Å². The molecule has 0 radical (unpaired) electrons. The summed E-state index contributed by atoms with van der Waals surface area (Å²) in [7, 11) is 1.65. The second kappa shape index (κ2) is 13.2. The quantitative estimate of drug-likeness (QED) is 0.268. The number of carbonyl (C=O) groups excluding carboxylic acids is 1. The molecule has 1 aliphatic rings. The van der Waals surface area contributed by atoms with Gasteiger partial charge in [-0.3, -0.25) is 0 Å². The highest BCUT2D eigenvalue weighted by Crippen LogP contribution is 2.24. The number of ether oxygens (including phenoxy) is 2. The normalized spacial score (nSPS) is 15.5. The van der Waals surface area contributed by atoms with Gasteiger partial charge in [0.25, 0.3) is 0 Å². The number of rotatable bonds is 15. The highest BCUT2D eigenvalue weighted by Gasteiger charge is 2.27. The molecular formula is C21H36O3. The molecule has 0 aromatic rings. The van der Waals surface area contributed by atoms with E-state index in [0.717, 1.165) is 12.8 Å². The first kappa shape index (κ1) is 21.0. The third kappa shape index (κ3) is 8.68. The lowest BCUT2D eigenvalue weighted by Crippen LogP contribution is -2.18. The molecule has 1 atom stereocenters. The van der Waals surface area contributed by atoms with Crippen LogP contribution >= 0.6 is 0 Å². The molecule has 0 aliphatic carbocycles. The number of hydrogen-bond donors (Lipinski definition) is 0. The molecule has 0 spiro atoms. The molecule has 0 fully saturated rings. The van der Waals surface area contributed by atoms with Gasteiger partial charge in [-0.05, 0) is 12.5 Å². The zero-order valence-corrected chi connectivity index (χ0v) is 15.8. The van der Waals surface area contributed by atoms with Gasteiger partial charge in [0.1, 0.15) is 5.76 Å². The van der Waals surface area contributed by atoms with Crippen LogP contribution in [0.5, 0.6) is 0 Å². The molecule has 0 aromatic carbocycles. The lowest BCUT2D eigenvalue weighted by Gasteiger charge is -2.14. The molecule has 0 N–H and O–H groups in total. The molecule has 3 heteroatoms. The molecule has 0 aromatic heterocycles. The Hall–Kier alpha value is -1.09. The summed E-state index contributed by atoms with van der Waals surface area (Å²) in [4.78, 5) is 11.7. The van der Waals surface area contributed by atoms with Crippen LogP contribution in [0.1, 0.15) is 90.4 Å². The Labute approximate surface area is 148 Å². The van der Waals surface area contributed by atoms with Crippen molar-refractivity contribution in [1.82, 2.24) is 0 Å². The van der Waals surface area contributed by atoms with E-state index in [-0.39, 0.29) is 12.1 Å². The predicted octanol–water partition coefficient (Wildman–Crippen LogP) is 6.09. The van der Waals surface area contributed by atoms with E-state index in [1.54, 1.807) is 13.2 Å². The molecule has 0 bridgehead atoms. The molecule has 0 amide bonds. The molecule has 0 saturated carbocycles. The average Bonchev–Trinajstić information content (AvgIpc) is 2.90. The molecule has 3 nitrogen and oxygen atoms in total. The van der Waals surface area contributed by atoms with E-state index in [9.17, 15) is 4.79 Å². The maximum atomic E-state index is 11.7. The van der Waals surface area contributed by atoms with Crippen molar-refractivity contribution in [2.24, 2.45) is 0 Å². The van der Waals surface area contributed by atoms with Crippen molar-refractivity contribution in [3.8, 4) is 0 Å². The Balaban J connectivity index is 1.97. The first-order valence-electron chi connectivity index (χ1n) is 9.84. The maximum absolute atomic E-state index is 11.7. The molecule has 24 heavy (non-hydrogen) atoms. The second-order valence-corrected chi connectivity index (χ2v) is 6.86. The molecule has 0 unspecified atom stereocenters. The zero-order chi connectivity index (χ0) is 17.6. The van der Waals surface area contributed by atoms with Crippen LogP contribution < -0.4 is 0 Å². The van der Waals surface area contributed by atoms with E-state index in [4.69, 9.17) is 9.47 Å². The van der Waals surface area contributed by atoms with Gasteiger partial charge in [-0.25, -0.2) is 4.79 Å². The lowest BCUT2D eigenvalue weighted by molar-refractivity contribution is -0.134. The molecule has 138 valence electrons. The van der Waals surface area contributed by atoms with Crippen LogP contribution in [0.3, 0.4) is 0 Å². The van der Waals surface area contributed by atoms with E-state index in [2.05, 4.69) is 13.5 Å². The fourth-order valence-electron chi connectivity index (χ4n) is 3.24. The number of unbranched alkanes of at least 4 members (excludes halogenated alkanes) is 11. The summed E-state index contributed by atoms with van der Waals surface area (Å²) < 4.78 is 10.4. The van der Waals surface area contributed by atoms with Crippen molar-refractivity contribution < 1.29 is 14.3 Å². The van der Waals surface area contributed by atoms with E-state index >= 15 is 0 Å². The standard InChI is InChI=1S/C21H36O3/c1-4-5-6-7-8-9-10-11-12-13-14-15-16-20(23-3)19-17-18(2)24-21(19)22/h17,20H,2,4-16H2,1,3H3/t20-/m1/s1. The van der Waals surface area contributed by atoms with Crippen LogP contribution in [-0.2, 0) is 14.3 Å². The summed E-state index contributed by atoms with van der Waals surface area (Å²) in [6, 6.07) is 0. The number of methoxy groups -OCH3 is 1. The van der Waals surface area contributed by atoms with Gasteiger partial charge in [0, 0.05) is 7.11 Å². The van der Waals surface area contributed by atoms with Gasteiger partial charge in [-0.2, -0.15) is 0 Å². The number of cyclic esters (lactones) is 1. The third-order valence-corrected chi connectivity index (χ3v) is 4.73. The number of esters is 1. The van der Waals surface area contributed by atoms with Crippen molar-refractivity contribution in [2.75, 3.05) is 7.11 Å². The number of allylic oxidation sites excluding steroid dienone is 1. The largest absolute Gasteiger partial charge is 0.424 e. The van der Waals surface area contributed by atoms with Crippen LogP contribution in [0.4, 0.5) is 0 Å². The summed E-state index contributed by atoms with van der Waals surface area (Å²) >= 11 is 0. The fourth-order valence-corrected chi connectivity index (χ4v) is 3.24. The summed E-state index contributed by atoms with van der Waals surface area (Å²) in [5, 5.41) is 0. The summed E-state index contributed by atoms with van der Waals surface area (Å²) in [6.45, 7) is 5.93. The van der Waals surface area contributed by atoms with Gasteiger partial charge in [0.15, 0.2) is 0 Å². The number of hydrogen-bond acceptors (Lipinski definition) is 3. The topological polar surface area (TPSA) is 35.5 Å². The van der Waals surface area contributed by atoms with Crippen molar-refractivity contribution in [3.05, 3.63) is 24.0 Å². The Bertz CT molecular complexity index is 398. The van der Waals surface area contributed by atoms with Gasteiger partial charge in [0.2, 0.25) is 0 Å². The molecule has 0 saturated heterocycles. The second-order valence-electron chi connectivity index (χ2n) is 6.86. The van der Waals surface area contributed by atoms with Gasteiger partial charge in [0.05, 0.1) is 11.7 Å². The minimum Gasteiger partial charge on any atom is -0.424 e. The highest BCUT2D eigenvalue weighted by molar-refractivity contribution is 5.93. The van der Waals surface area contributed by atoms with E-state index in [1.165, 1.54) is 70.6 Å². The van der Waals surface area contributed by atoms with Crippen LogP contribution in [-0.4, -0.2) is 19.2 Å². The molecule has 1 rings (SSSR count). The number of carbonyl (C=O) groups is 1. The smallest absolute Gasteiger partial charge is 0.342 e. The van der Waals surface area contributed by atoms with Crippen LogP contribution in [0.15, 0.2) is 24.0 Å². The predicted molar refractivity (Wildman–Crippen MR) is 99.8 cm³/mol. The summed E-state index contributed by atoms with van der Waals surface area (Å²) in [6.07, 6.45) is 18.4. The third-order valence-electron chi connectivity index (χ3n) is 4.73. The van der Waals surface area contributed by atoms with Gasteiger partial charge in [-0.1, -0.05) is 90.6 Å². The Kier molecular flexibility index (Phi) is 11.5. The lowest BCUT2D eigenvalue weighted by atomic mass is 10.0. The monoisotopic (exact) mass is 336 g/mol. The molecular weight excluding hydrogens is 300 g/mol. The van der Waals surface area contributed by atoms with E-state index in [1.807, 2.05) is 0 Å². The minimum absolute atomic E-state index is 0.153. The molecule has 1 aliphatic heterocycles. The van der Waals surface area contributed by atoms with E-state index in [0.29, 0.717) is 11.3 Å². The average molecular weight is 337 g/mol. The molecule has 1 heterocycles. The van der Waals surface area contributed by atoms with Gasteiger partial charge >= 0.3 is 5.97 Å². The maximum Gasteiger partial charge on any atom is 0.342 e. The van der Waals surface area contributed by atoms with Crippen LogP contribution in [0.25, 0.3) is 0 Å². The first-order valence-corrected chi connectivity index (χ1v) is 9.84. The summed E-state index contributed by atoms with van der Waals surface area (Å²) in [5.41, 5.74) is 0.616. The van der Waals surface area contributed by atoms with Crippen LogP contribution in [0.2, 0.25) is 0 Å². The highest BCUT2D eigenvalue weighted by atomic mass is 16.5. The van der Waals surface area contributed by atoms with Crippen molar-refractivity contribution in [3.63, 3.8) is 0 Å². The Morgan fingerprint density at radius 3 is 1.88 bits per heavy atom. The van der Waals surface area contributed by atoms with E-state index < -0.39 is 0 Å². The van der Waals surface area contributed by atoms with Crippen molar-refractivity contribution >= 4 is 5.97 Å².